The molecular formula is C24H23FN4O2. The Hall–Kier alpha value is -3.58. The lowest BCUT2D eigenvalue weighted by atomic mass is 9.98. The molecule has 1 atom stereocenters. The van der Waals surface area contributed by atoms with E-state index in [9.17, 15) is 14.0 Å². The summed E-state index contributed by atoms with van der Waals surface area (Å²) in [5.41, 5.74) is 10.1. The fourth-order valence-electron chi connectivity index (χ4n) is 3.69. The molecule has 31 heavy (non-hydrogen) atoms. The number of halogens is 1. The van der Waals surface area contributed by atoms with Gasteiger partial charge in [0.15, 0.2) is 0 Å². The Bertz CT molecular complexity index is 1090. The second-order valence-corrected chi connectivity index (χ2v) is 7.60. The Kier molecular flexibility index (Phi) is 6.04. The molecule has 3 aromatic rings. The van der Waals surface area contributed by atoms with Gasteiger partial charge in [-0.25, -0.2) is 4.39 Å². The van der Waals surface area contributed by atoms with Crippen LogP contribution in [0.1, 0.15) is 39.5 Å². The molecule has 158 valence electrons. The first kappa shape index (κ1) is 20.7. The molecule has 2 heterocycles. The smallest absolute Gasteiger partial charge is 0.255 e. The second-order valence-electron chi connectivity index (χ2n) is 7.60. The lowest BCUT2D eigenvalue weighted by molar-refractivity contribution is -0.132. The number of amides is 2. The topological polar surface area (TPSA) is 88.3 Å². The number of benzene rings is 2. The van der Waals surface area contributed by atoms with Crippen molar-refractivity contribution in [3.05, 3.63) is 95.1 Å². The minimum atomic E-state index is -0.487. The Morgan fingerprint density at radius 1 is 1.06 bits per heavy atom. The van der Waals surface area contributed by atoms with Crippen LogP contribution >= 0.6 is 0 Å². The highest BCUT2D eigenvalue weighted by Gasteiger charge is 2.23. The summed E-state index contributed by atoms with van der Waals surface area (Å²) in [6, 6.07) is 14.6. The number of hydrogen-bond donors (Lipinski definition) is 2. The van der Waals surface area contributed by atoms with Crippen LogP contribution in [0.3, 0.4) is 0 Å². The molecule has 0 aliphatic carbocycles. The summed E-state index contributed by atoms with van der Waals surface area (Å²) in [7, 11) is 0. The fourth-order valence-corrected chi connectivity index (χ4v) is 3.69. The molecule has 0 bridgehead atoms. The summed E-state index contributed by atoms with van der Waals surface area (Å²) >= 11 is 0. The highest BCUT2D eigenvalue weighted by Crippen LogP contribution is 2.23. The number of nitrogens with one attached hydrogen (secondary N) is 1. The summed E-state index contributed by atoms with van der Waals surface area (Å²) in [6.45, 7) is 0.991. The van der Waals surface area contributed by atoms with Gasteiger partial charge in [-0.3, -0.25) is 14.6 Å². The number of rotatable bonds is 5. The molecule has 4 rings (SSSR count). The van der Waals surface area contributed by atoms with Crippen LogP contribution in [-0.4, -0.2) is 28.2 Å². The van der Waals surface area contributed by atoms with Crippen molar-refractivity contribution in [2.75, 3.05) is 11.9 Å². The van der Waals surface area contributed by atoms with E-state index in [1.165, 1.54) is 12.1 Å². The summed E-state index contributed by atoms with van der Waals surface area (Å²) in [4.78, 5) is 30.7. The zero-order chi connectivity index (χ0) is 21.8. The Balaban J connectivity index is 1.36. The molecular weight excluding hydrogens is 395 g/mol. The molecule has 2 amide bonds. The van der Waals surface area contributed by atoms with Crippen LogP contribution in [0.4, 0.5) is 10.1 Å². The largest absolute Gasteiger partial charge is 0.338 e. The summed E-state index contributed by atoms with van der Waals surface area (Å²) in [5.74, 6) is -0.596. The summed E-state index contributed by atoms with van der Waals surface area (Å²) in [6.07, 6.45) is 4.06. The Morgan fingerprint density at radius 3 is 2.55 bits per heavy atom. The molecule has 1 aliphatic rings. The van der Waals surface area contributed by atoms with Gasteiger partial charge in [0.2, 0.25) is 5.91 Å². The number of pyridine rings is 1. The van der Waals surface area contributed by atoms with Crippen molar-refractivity contribution in [1.82, 2.24) is 9.88 Å². The maximum Gasteiger partial charge on any atom is 0.255 e. The standard InChI is InChI=1S/C24H23FN4O2/c25-20-6-5-16-9-12-29(15-19(16)13-20)23(30)14-22(26)17-1-3-18(4-2-17)24(31)28-21-7-10-27-11-8-21/h1-8,10-11,13,22H,9,12,14-15,26H2,(H,27,28,31). The average molecular weight is 418 g/mol. The van der Waals surface area contributed by atoms with Crippen LogP contribution < -0.4 is 11.1 Å². The summed E-state index contributed by atoms with van der Waals surface area (Å²) < 4.78 is 13.5. The van der Waals surface area contributed by atoms with Crippen molar-refractivity contribution < 1.29 is 14.0 Å². The Labute approximate surface area is 179 Å². The van der Waals surface area contributed by atoms with Gasteiger partial charge in [-0.2, -0.15) is 0 Å². The third kappa shape index (κ3) is 4.95. The molecule has 1 unspecified atom stereocenters. The first-order valence-electron chi connectivity index (χ1n) is 10.1. The maximum absolute atomic E-state index is 13.5. The minimum absolute atomic E-state index is 0.0677. The molecule has 2 aromatic carbocycles. The predicted molar refractivity (Wildman–Crippen MR) is 116 cm³/mol. The SMILES string of the molecule is NC(CC(=O)N1CCc2ccc(F)cc2C1)c1ccc(C(=O)Nc2ccncc2)cc1. The van der Waals surface area contributed by atoms with Crippen molar-refractivity contribution in [3.63, 3.8) is 0 Å². The molecule has 7 heteroatoms. The van der Waals surface area contributed by atoms with E-state index in [2.05, 4.69) is 10.3 Å². The zero-order valence-corrected chi connectivity index (χ0v) is 16.9. The first-order chi connectivity index (χ1) is 15.0. The molecule has 1 aromatic heterocycles. The van der Waals surface area contributed by atoms with Crippen LogP contribution in [0, 0.1) is 5.82 Å². The van der Waals surface area contributed by atoms with Crippen molar-refractivity contribution in [2.24, 2.45) is 5.73 Å². The van der Waals surface area contributed by atoms with Gasteiger partial charge in [-0.05, 0) is 59.5 Å². The van der Waals surface area contributed by atoms with Gasteiger partial charge in [-0.15, -0.1) is 0 Å². The number of carbonyl (C=O) groups excluding carboxylic acids is 2. The molecule has 0 fully saturated rings. The van der Waals surface area contributed by atoms with Crippen molar-refractivity contribution in [3.8, 4) is 0 Å². The predicted octanol–water partition coefficient (Wildman–Crippen LogP) is 3.45. The minimum Gasteiger partial charge on any atom is -0.338 e. The third-order valence-corrected chi connectivity index (χ3v) is 5.47. The average Bonchev–Trinajstić information content (AvgIpc) is 2.79. The normalized spacial score (nSPS) is 13.9. The van der Waals surface area contributed by atoms with E-state index in [0.717, 1.165) is 16.7 Å². The van der Waals surface area contributed by atoms with Crippen molar-refractivity contribution in [1.29, 1.82) is 0 Å². The van der Waals surface area contributed by atoms with Gasteiger partial charge in [0.25, 0.3) is 5.91 Å². The van der Waals surface area contributed by atoms with Gasteiger partial charge in [0.05, 0.1) is 0 Å². The lowest BCUT2D eigenvalue weighted by Gasteiger charge is -2.30. The van der Waals surface area contributed by atoms with Crippen LogP contribution in [0.5, 0.6) is 0 Å². The monoisotopic (exact) mass is 418 g/mol. The van der Waals surface area contributed by atoms with E-state index in [4.69, 9.17) is 5.73 Å². The van der Waals surface area contributed by atoms with E-state index in [1.54, 1.807) is 59.8 Å². The first-order valence-corrected chi connectivity index (χ1v) is 10.1. The highest BCUT2D eigenvalue weighted by molar-refractivity contribution is 6.04. The molecule has 6 nitrogen and oxygen atoms in total. The number of anilines is 1. The van der Waals surface area contributed by atoms with Gasteiger partial charge in [-0.1, -0.05) is 18.2 Å². The molecule has 1 aliphatic heterocycles. The Morgan fingerprint density at radius 2 is 1.81 bits per heavy atom. The van der Waals surface area contributed by atoms with Crippen LogP contribution in [0.25, 0.3) is 0 Å². The fraction of sp³-hybridized carbons (Fsp3) is 0.208. The molecule has 3 N–H and O–H groups in total. The molecule has 0 radical (unpaired) electrons. The zero-order valence-electron chi connectivity index (χ0n) is 16.9. The number of carbonyl (C=O) groups is 2. The van der Waals surface area contributed by atoms with Gasteiger partial charge in [0, 0.05) is 49.2 Å². The van der Waals surface area contributed by atoms with Crippen molar-refractivity contribution >= 4 is 17.5 Å². The number of nitrogens with two attached hydrogens (primary N) is 1. The molecule has 0 spiro atoms. The highest BCUT2D eigenvalue weighted by atomic mass is 19.1. The van der Waals surface area contributed by atoms with E-state index in [1.807, 2.05) is 0 Å². The van der Waals surface area contributed by atoms with Gasteiger partial charge in [0.1, 0.15) is 5.82 Å². The van der Waals surface area contributed by atoms with Crippen LogP contribution in [0.2, 0.25) is 0 Å². The van der Waals surface area contributed by atoms with E-state index < -0.39 is 6.04 Å². The van der Waals surface area contributed by atoms with E-state index in [0.29, 0.717) is 30.8 Å². The lowest BCUT2D eigenvalue weighted by Crippen LogP contribution is -2.37. The quantitative estimate of drug-likeness (QED) is 0.664. The number of fused-ring (bicyclic) bond motifs is 1. The van der Waals surface area contributed by atoms with Gasteiger partial charge >= 0.3 is 0 Å². The van der Waals surface area contributed by atoms with E-state index >= 15 is 0 Å². The molecule has 0 saturated carbocycles. The van der Waals surface area contributed by atoms with Crippen LogP contribution in [-0.2, 0) is 17.8 Å². The number of hydrogen-bond acceptors (Lipinski definition) is 4. The van der Waals surface area contributed by atoms with E-state index in [-0.39, 0.29) is 24.1 Å². The third-order valence-electron chi connectivity index (χ3n) is 5.47. The maximum atomic E-state index is 13.5. The number of aromatic nitrogens is 1. The van der Waals surface area contributed by atoms with Crippen molar-refractivity contribution in [2.45, 2.75) is 25.4 Å². The van der Waals surface area contributed by atoms with Crippen LogP contribution in [0.15, 0.2) is 67.0 Å². The van der Waals surface area contributed by atoms with Gasteiger partial charge < -0.3 is 16.0 Å². The number of nitrogens with zero attached hydrogens (tertiary/aromatic N) is 2. The second kappa shape index (κ2) is 9.06. The summed E-state index contributed by atoms with van der Waals surface area (Å²) in [5, 5.41) is 2.80. The molecule has 0 saturated heterocycles.